The van der Waals surface area contributed by atoms with E-state index in [-0.39, 0.29) is 32.4 Å². The third-order valence-electron chi connectivity index (χ3n) is 9.52. The highest BCUT2D eigenvalue weighted by Crippen LogP contribution is 2.25. The molecule has 0 aromatic heterocycles. The normalized spacial score (nSPS) is 11.6. The van der Waals surface area contributed by atoms with Crippen LogP contribution in [0.3, 0.4) is 0 Å². The Morgan fingerprint density at radius 1 is 0.358 bits per heavy atom. The van der Waals surface area contributed by atoms with Crippen molar-refractivity contribution in [3.8, 4) is 0 Å². The first kappa shape index (κ1) is 46.4. The molecule has 0 saturated heterocycles. The molecule has 0 saturated carbocycles. The Labute approximate surface area is 383 Å². The molecule has 0 unspecified atom stereocenters. The van der Waals surface area contributed by atoms with Gasteiger partial charge in [0.15, 0.2) is 0 Å². The molecule has 20 heteroatoms. The van der Waals surface area contributed by atoms with Crippen molar-refractivity contribution >= 4 is 89.4 Å². The number of hydrogen-bond donors (Lipinski definition) is 6. The third-order valence-corrected chi connectivity index (χ3v) is 11.3. The second-order valence-electron chi connectivity index (χ2n) is 14.5. The number of carbonyl (C=O) groups is 4. The fourth-order valence-electron chi connectivity index (χ4n) is 6.00. The largest absolute Gasteiger partial charge is 0.322 e. The van der Waals surface area contributed by atoms with Crippen LogP contribution in [-0.4, -0.2) is 49.6 Å². The van der Waals surface area contributed by atoms with E-state index in [4.69, 9.17) is 0 Å². The first-order valence-electron chi connectivity index (χ1n) is 19.7. The quantitative estimate of drug-likeness (QED) is 0.0443. The highest BCUT2D eigenvalue weighted by Gasteiger charge is 2.18. The molecule has 0 fully saturated rings. The summed E-state index contributed by atoms with van der Waals surface area (Å²) in [7, 11) is -8.73. The summed E-state index contributed by atoms with van der Waals surface area (Å²) in [5.41, 5.74) is 4.28. The smallest absolute Gasteiger partial charge is 0.294 e. The van der Waals surface area contributed by atoms with Crippen LogP contribution >= 0.6 is 0 Å². The predicted octanol–water partition coefficient (Wildman–Crippen LogP) is 10.3. The average Bonchev–Trinajstić information content (AvgIpc) is 3.31. The lowest BCUT2D eigenvalue weighted by Crippen LogP contribution is -2.19. The molecular weight excluding hydrogens is 901 g/mol. The summed E-state index contributed by atoms with van der Waals surface area (Å²) in [5.74, 6) is -2.34. The van der Waals surface area contributed by atoms with E-state index in [2.05, 4.69) is 41.7 Å². The molecular formula is C47H36N8O10S2. The molecule has 0 radical (unpaired) electrons. The molecule has 0 aliphatic rings. The Hall–Kier alpha value is -8.56. The van der Waals surface area contributed by atoms with Crippen LogP contribution in [0.25, 0.3) is 0 Å². The minimum Gasteiger partial charge on any atom is -0.322 e. The molecule has 7 aromatic rings. The van der Waals surface area contributed by atoms with Gasteiger partial charge in [-0.25, -0.2) is 0 Å². The monoisotopic (exact) mass is 936 g/mol. The van der Waals surface area contributed by atoms with Gasteiger partial charge in [-0.1, -0.05) is 17.7 Å². The highest BCUT2D eigenvalue weighted by molar-refractivity contribution is 7.86. The summed E-state index contributed by atoms with van der Waals surface area (Å²) in [6, 6.07) is 40.0. The summed E-state index contributed by atoms with van der Waals surface area (Å²) in [5, 5.41) is 27.3. The molecule has 0 aliphatic heterocycles. The molecule has 0 spiro atoms. The zero-order valence-electron chi connectivity index (χ0n) is 34.9. The fourth-order valence-corrected chi connectivity index (χ4v) is 6.96. The van der Waals surface area contributed by atoms with Crippen LogP contribution in [-0.2, 0) is 20.2 Å². The number of carbonyl (C=O) groups excluding carboxylic acids is 4. The van der Waals surface area contributed by atoms with E-state index in [0.717, 1.165) is 5.56 Å². The Kier molecular flexibility index (Phi) is 13.9. The number of rotatable bonds is 14. The van der Waals surface area contributed by atoms with Gasteiger partial charge >= 0.3 is 0 Å². The van der Waals surface area contributed by atoms with Gasteiger partial charge < -0.3 is 21.3 Å². The number of anilines is 4. The minimum absolute atomic E-state index is 0.0419. The molecule has 0 bridgehead atoms. The molecule has 0 heterocycles. The molecule has 7 aromatic carbocycles. The van der Waals surface area contributed by atoms with Crippen LogP contribution in [0.5, 0.6) is 0 Å². The van der Waals surface area contributed by atoms with Gasteiger partial charge in [-0.15, -0.1) is 0 Å². The van der Waals surface area contributed by atoms with Gasteiger partial charge in [0.05, 0.1) is 32.5 Å². The van der Waals surface area contributed by atoms with Gasteiger partial charge in [-0.3, -0.25) is 28.3 Å². The van der Waals surface area contributed by atoms with E-state index in [0.29, 0.717) is 51.1 Å². The maximum absolute atomic E-state index is 13.7. The van der Waals surface area contributed by atoms with Crippen LogP contribution < -0.4 is 21.3 Å². The van der Waals surface area contributed by atoms with Crippen molar-refractivity contribution in [1.29, 1.82) is 0 Å². The first-order chi connectivity index (χ1) is 31.9. The van der Waals surface area contributed by atoms with Gasteiger partial charge in [-0.05, 0) is 159 Å². The molecule has 67 heavy (non-hydrogen) atoms. The minimum atomic E-state index is -4.37. The summed E-state index contributed by atoms with van der Waals surface area (Å²) < 4.78 is 63.6. The second kappa shape index (κ2) is 20.1. The van der Waals surface area contributed by atoms with Gasteiger partial charge in [0, 0.05) is 45.0 Å². The topological polar surface area (TPSA) is 275 Å². The summed E-state index contributed by atoms with van der Waals surface area (Å²) in [6.45, 7) is 1.93. The van der Waals surface area contributed by atoms with Crippen molar-refractivity contribution in [1.82, 2.24) is 0 Å². The van der Waals surface area contributed by atoms with Crippen molar-refractivity contribution in [3.05, 3.63) is 192 Å². The van der Waals surface area contributed by atoms with E-state index in [1.54, 1.807) is 60.7 Å². The lowest BCUT2D eigenvalue weighted by Gasteiger charge is -2.12. The third kappa shape index (κ3) is 12.8. The van der Waals surface area contributed by atoms with Crippen LogP contribution in [0.1, 0.15) is 47.0 Å². The van der Waals surface area contributed by atoms with E-state index in [9.17, 15) is 45.1 Å². The number of benzene rings is 7. The van der Waals surface area contributed by atoms with E-state index in [1.165, 1.54) is 91.0 Å². The molecule has 0 atom stereocenters. The second-order valence-corrected chi connectivity index (χ2v) is 17.3. The molecule has 6 N–H and O–H groups in total. The molecule has 0 aliphatic carbocycles. The van der Waals surface area contributed by atoms with Crippen LogP contribution in [0.2, 0.25) is 0 Å². The molecule has 7 rings (SSSR count). The fraction of sp³-hybridized carbons (Fsp3) is 0.0213. The SMILES string of the molecule is Cc1ccc(NC(=O)c2ccc(NC(=O)c3cc(C(=O)Nc4ccc(N=Nc5ccc(S(=O)(=O)O)cc5)cc4)cc(C(=O)Nc4ccc(N=Nc5ccc(S(=O)(=O)O)cc5)cc4)c3)cc2)cc1. The summed E-state index contributed by atoms with van der Waals surface area (Å²) in [6.07, 6.45) is 0. The molecule has 336 valence electrons. The van der Waals surface area contributed by atoms with Gasteiger partial charge in [0.2, 0.25) is 0 Å². The predicted molar refractivity (Wildman–Crippen MR) is 250 cm³/mol. The van der Waals surface area contributed by atoms with Gasteiger partial charge in [-0.2, -0.15) is 37.3 Å². The Morgan fingerprint density at radius 3 is 0.881 bits per heavy atom. The number of nitrogens with zero attached hydrogens (tertiary/aromatic N) is 4. The van der Waals surface area contributed by atoms with Gasteiger partial charge in [0.1, 0.15) is 0 Å². The van der Waals surface area contributed by atoms with Crippen LogP contribution in [0.15, 0.2) is 194 Å². The number of hydrogen-bond acceptors (Lipinski definition) is 12. The van der Waals surface area contributed by atoms with Crippen molar-refractivity contribution in [2.45, 2.75) is 16.7 Å². The maximum atomic E-state index is 13.7. The zero-order valence-corrected chi connectivity index (χ0v) is 36.5. The Balaban J connectivity index is 1.07. The number of amides is 4. The number of aryl methyl sites for hydroxylation is 1. The lowest BCUT2D eigenvalue weighted by molar-refractivity contribution is 0.101. The lowest BCUT2D eigenvalue weighted by atomic mass is 10.0. The highest BCUT2D eigenvalue weighted by atomic mass is 32.2. The van der Waals surface area contributed by atoms with Crippen molar-refractivity contribution in [2.75, 3.05) is 21.3 Å². The van der Waals surface area contributed by atoms with Crippen LogP contribution in [0.4, 0.5) is 45.5 Å². The van der Waals surface area contributed by atoms with Crippen molar-refractivity contribution < 1.29 is 45.1 Å². The van der Waals surface area contributed by atoms with E-state index in [1.807, 2.05) is 19.1 Å². The number of azo groups is 2. The average molecular weight is 937 g/mol. The van der Waals surface area contributed by atoms with Gasteiger partial charge in [0.25, 0.3) is 43.9 Å². The first-order valence-corrected chi connectivity index (χ1v) is 22.6. The van der Waals surface area contributed by atoms with Crippen molar-refractivity contribution in [2.24, 2.45) is 20.5 Å². The Bertz CT molecular complexity index is 3110. The van der Waals surface area contributed by atoms with E-state index < -0.39 is 38.0 Å². The maximum Gasteiger partial charge on any atom is 0.294 e. The van der Waals surface area contributed by atoms with Crippen LogP contribution in [0, 0.1) is 6.92 Å². The standard InChI is InChI=1S/C47H36N8O10S2/c1-29-2-6-34(7-3-29)48-44(56)30-4-8-35(9-5-30)49-45(57)31-26-32(46(58)50-36-10-14-38(15-11-36)52-54-40-18-22-42(23-19-40)66(60,61)62)28-33(27-31)47(59)51-37-12-16-39(17-13-37)53-55-41-20-24-43(25-21-41)67(63,64)65/h2-28H,1H3,(H,48,56)(H,49,57)(H,50,58)(H,51,59)(H,60,61,62)(H,63,64,65). The Morgan fingerprint density at radius 2 is 0.597 bits per heavy atom. The number of nitrogens with one attached hydrogen (secondary N) is 4. The summed E-state index contributed by atoms with van der Waals surface area (Å²) >= 11 is 0. The molecule has 4 amide bonds. The van der Waals surface area contributed by atoms with Crippen molar-refractivity contribution in [3.63, 3.8) is 0 Å². The summed E-state index contributed by atoms with van der Waals surface area (Å²) in [4.78, 5) is 53.4. The van der Waals surface area contributed by atoms with E-state index >= 15 is 0 Å². The molecule has 18 nitrogen and oxygen atoms in total. The zero-order chi connectivity index (χ0) is 47.7.